The molecule has 0 saturated heterocycles. The van der Waals surface area contributed by atoms with Gasteiger partial charge in [0.05, 0.1) is 11.1 Å². The van der Waals surface area contributed by atoms with Crippen molar-refractivity contribution in [3.05, 3.63) is 69.8 Å². The zero-order valence-electron chi connectivity index (χ0n) is 16.5. The maximum absolute atomic E-state index is 13.5. The van der Waals surface area contributed by atoms with Gasteiger partial charge in [-0.25, -0.2) is 4.79 Å². The Hall–Kier alpha value is -3.81. The summed E-state index contributed by atoms with van der Waals surface area (Å²) in [4.78, 5) is 30.6. The molecule has 30 heavy (non-hydrogen) atoms. The number of H-pyrrole nitrogens is 1. The number of benzene rings is 2. The van der Waals surface area contributed by atoms with Gasteiger partial charge in [-0.1, -0.05) is 30.3 Å². The molecule has 1 aromatic heterocycles. The molecule has 2 atom stereocenters. The van der Waals surface area contributed by atoms with Crippen LogP contribution in [0.1, 0.15) is 31.0 Å². The fourth-order valence-corrected chi connectivity index (χ4v) is 4.46. The lowest BCUT2D eigenvalue weighted by Gasteiger charge is -2.39. The Labute approximate surface area is 171 Å². The van der Waals surface area contributed by atoms with Crippen LogP contribution in [0.2, 0.25) is 0 Å². The number of likely N-dealkylation sites (N-methyl/N-ethyl adjacent to an activating group) is 1. The summed E-state index contributed by atoms with van der Waals surface area (Å²) >= 11 is 0. The Balaban J connectivity index is 1.93. The third-order valence-corrected chi connectivity index (χ3v) is 5.75. The molecule has 2 bridgehead atoms. The molecule has 2 unspecified atom stereocenters. The number of ether oxygens (including phenoxy) is 1. The number of aliphatic hydroxyl groups excluding tert-OH is 1. The largest absolute Gasteiger partial charge is 0.512 e. The van der Waals surface area contributed by atoms with Gasteiger partial charge >= 0.3 is 5.69 Å². The summed E-state index contributed by atoms with van der Waals surface area (Å²) in [5, 5.41) is 19.0. The molecule has 0 fully saturated rings. The topological polar surface area (TPSA) is 111 Å². The van der Waals surface area contributed by atoms with E-state index in [4.69, 9.17) is 10.1 Å². The molecule has 3 N–H and O–H groups in total. The van der Waals surface area contributed by atoms with Gasteiger partial charge in [-0.15, -0.1) is 0 Å². The van der Waals surface area contributed by atoms with Crippen molar-refractivity contribution in [2.75, 3.05) is 6.54 Å². The number of nitrogens with zero attached hydrogens (tertiary/aromatic N) is 2. The minimum Gasteiger partial charge on any atom is -0.512 e. The third kappa shape index (κ3) is 2.30. The number of hydrogen-bond acceptors (Lipinski definition) is 5. The highest BCUT2D eigenvalue weighted by Gasteiger charge is 2.45. The van der Waals surface area contributed by atoms with Crippen molar-refractivity contribution >= 4 is 28.3 Å². The minimum atomic E-state index is -1.03. The predicted octanol–water partition coefficient (Wildman–Crippen LogP) is 2.81. The van der Waals surface area contributed by atoms with Crippen molar-refractivity contribution in [1.82, 2.24) is 14.5 Å². The van der Waals surface area contributed by atoms with Crippen LogP contribution in [0.5, 0.6) is 5.75 Å². The van der Waals surface area contributed by atoms with Crippen LogP contribution in [0.15, 0.2) is 53.0 Å². The highest BCUT2D eigenvalue weighted by Crippen LogP contribution is 2.44. The van der Waals surface area contributed by atoms with Gasteiger partial charge in [0, 0.05) is 12.1 Å². The first-order valence-corrected chi connectivity index (χ1v) is 9.73. The van der Waals surface area contributed by atoms with Gasteiger partial charge in [-0.2, -0.15) is 0 Å². The molecule has 5 rings (SSSR count). The van der Waals surface area contributed by atoms with E-state index in [1.165, 1.54) is 11.8 Å². The average Bonchev–Trinajstić information content (AvgIpc) is 3.07. The van der Waals surface area contributed by atoms with E-state index >= 15 is 0 Å². The number of hydrogen-bond donors (Lipinski definition) is 3. The number of carbonyl (C=O) groups is 1. The van der Waals surface area contributed by atoms with Crippen LogP contribution in [0.25, 0.3) is 16.6 Å². The summed E-state index contributed by atoms with van der Waals surface area (Å²) < 4.78 is 7.83. The maximum Gasteiger partial charge on any atom is 0.327 e. The standard InChI is InChI=1S/C22H20N4O4/c1-3-25-20(23)15(11(2)27)13-9-10-14-17-18(13)30-19(21(25)28)16(26(17)22(29)24-14)12-7-5-4-6-8-12/h4-10,16,19,23,27H,3H2,1-2H3,(H,24,29)/b15-11-,23-20?. The molecule has 3 aromatic rings. The molecular formula is C22H20N4O4. The van der Waals surface area contributed by atoms with Gasteiger partial charge < -0.3 is 14.8 Å². The molecule has 3 heterocycles. The monoisotopic (exact) mass is 404 g/mol. The fourth-order valence-electron chi connectivity index (χ4n) is 4.46. The summed E-state index contributed by atoms with van der Waals surface area (Å²) in [6, 6.07) is 12.0. The van der Waals surface area contributed by atoms with Gasteiger partial charge in [0.1, 0.15) is 23.2 Å². The second kappa shape index (κ2) is 6.35. The first kappa shape index (κ1) is 18.2. The summed E-state index contributed by atoms with van der Waals surface area (Å²) in [5.74, 6) is -0.301. The molecule has 0 radical (unpaired) electrons. The first-order valence-electron chi connectivity index (χ1n) is 9.73. The summed E-state index contributed by atoms with van der Waals surface area (Å²) in [6.45, 7) is 3.46. The summed E-state index contributed by atoms with van der Waals surface area (Å²) in [7, 11) is 0. The quantitative estimate of drug-likeness (QED) is 0.570. The lowest BCUT2D eigenvalue weighted by Crippen LogP contribution is -2.52. The molecule has 2 aromatic carbocycles. The molecule has 2 aliphatic heterocycles. The van der Waals surface area contributed by atoms with Crippen LogP contribution in [0.4, 0.5) is 0 Å². The lowest BCUT2D eigenvalue weighted by molar-refractivity contribution is -0.136. The van der Waals surface area contributed by atoms with Gasteiger partial charge in [0.15, 0.2) is 5.75 Å². The molecule has 8 nitrogen and oxygen atoms in total. The van der Waals surface area contributed by atoms with E-state index in [2.05, 4.69) is 4.98 Å². The average molecular weight is 404 g/mol. The van der Waals surface area contributed by atoms with E-state index in [9.17, 15) is 14.7 Å². The molecule has 0 aliphatic carbocycles. The van der Waals surface area contributed by atoms with E-state index in [1.54, 1.807) is 23.6 Å². The zero-order valence-corrected chi connectivity index (χ0v) is 16.5. The molecule has 8 heteroatoms. The fraction of sp³-hybridized carbons (Fsp3) is 0.227. The van der Waals surface area contributed by atoms with Crippen molar-refractivity contribution in [3.8, 4) is 5.75 Å². The van der Waals surface area contributed by atoms with Crippen molar-refractivity contribution in [2.24, 2.45) is 0 Å². The highest BCUT2D eigenvalue weighted by molar-refractivity contribution is 6.27. The number of aromatic nitrogens is 2. The number of carbonyl (C=O) groups excluding carboxylic acids is 1. The van der Waals surface area contributed by atoms with Crippen LogP contribution in [0, 0.1) is 5.41 Å². The minimum absolute atomic E-state index is 0.0884. The van der Waals surface area contributed by atoms with Crippen LogP contribution in [-0.4, -0.2) is 43.9 Å². The number of allylic oxidation sites excluding steroid dienone is 1. The van der Waals surface area contributed by atoms with Crippen molar-refractivity contribution in [1.29, 1.82) is 5.41 Å². The normalized spacial score (nSPS) is 22.1. The Morgan fingerprint density at radius 2 is 1.93 bits per heavy atom. The number of nitrogens with one attached hydrogen (secondary N) is 2. The van der Waals surface area contributed by atoms with Crippen LogP contribution in [0.3, 0.4) is 0 Å². The van der Waals surface area contributed by atoms with Gasteiger partial charge in [-0.3, -0.25) is 19.7 Å². The Morgan fingerprint density at radius 1 is 1.20 bits per heavy atom. The van der Waals surface area contributed by atoms with Crippen LogP contribution >= 0.6 is 0 Å². The number of rotatable bonds is 2. The zero-order chi connectivity index (χ0) is 21.2. The number of imidazole rings is 1. The van der Waals surface area contributed by atoms with E-state index in [1.807, 2.05) is 30.3 Å². The Bertz CT molecular complexity index is 1300. The second-order valence-corrected chi connectivity index (χ2v) is 7.42. The van der Waals surface area contributed by atoms with Gasteiger partial charge in [0.2, 0.25) is 6.10 Å². The lowest BCUT2D eigenvalue weighted by atomic mass is 9.93. The molecule has 2 aliphatic rings. The SMILES string of the molecule is CCN1C(=N)/C(=C(/C)O)c2ccc3[nH]c(=O)n4c3c2OC(C1=O)C4c1ccccc1. The van der Waals surface area contributed by atoms with E-state index in [-0.39, 0.29) is 29.4 Å². The molecule has 1 amide bonds. The molecule has 0 saturated carbocycles. The first-order chi connectivity index (χ1) is 14.4. The maximum atomic E-state index is 13.5. The second-order valence-electron chi connectivity index (χ2n) is 7.42. The van der Waals surface area contributed by atoms with Crippen molar-refractivity contribution in [2.45, 2.75) is 26.0 Å². The Kier molecular flexibility index (Phi) is 3.86. The number of amidine groups is 1. The molecule has 152 valence electrons. The highest BCUT2D eigenvalue weighted by atomic mass is 16.5. The summed E-state index contributed by atoms with van der Waals surface area (Å²) in [5.41, 5.74) is 2.18. The smallest absolute Gasteiger partial charge is 0.327 e. The van der Waals surface area contributed by atoms with Gasteiger partial charge in [0.25, 0.3) is 5.91 Å². The number of amides is 1. The number of aliphatic hydroxyl groups is 1. The summed E-state index contributed by atoms with van der Waals surface area (Å²) in [6.07, 6.45) is -1.03. The number of fused-ring (bicyclic) bond motifs is 1. The van der Waals surface area contributed by atoms with Crippen molar-refractivity contribution < 1.29 is 14.6 Å². The van der Waals surface area contributed by atoms with Crippen LogP contribution in [-0.2, 0) is 4.79 Å². The Morgan fingerprint density at radius 3 is 2.60 bits per heavy atom. The molecular weight excluding hydrogens is 384 g/mol. The number of aromatic amines is 1. The van der Waals surface area contributed by atoms with E-state index < -0.39 is 18.1 Å². The predicted molar refractivity (Wildman–Crippen MR) is 112 cm³/mol. The van der Waals surface area contributed by atoms with Crippen LogP contribution < -0.4 is 10.4 Å². The van der Waals surface area contributed by atoms with Crippen molar-refractivity contribution in [3.63, 3.8) is 0 Å². The van der Waals surface area contributed by atoms with E-state index in [0.29, 0.717) is 22.3 Å². The van der Waals surface area contributed by atoms with E-state index in [0.717, 1.165) is 5.56 Å². The van der Waals surface area contributed by atoms with Gasteiger partial charge in [-0.05, 0) is 31.5 Å². The third-order valence-electron chi connectivity index (χ3n) is 5.75. The molecule has 0 spiro atoms.